The fourth-order valence-electron chi connectivity index (χ4n) is 1.52. The molecule has 0 aliphatic rings. The van der Waals surface area contributed by atoms with E-state index in [4.69, 9.17) is 5.73 Å². The minimum absolute atomic E-state index is 0.0138. The Kier molecular flexibility index (Phi) is 4.58. The molecule has 0 radical (unpaired) electrons. The van der Waals surface area contributed by atoms with Gasteiger partial charge in [-0.15, -0.1) is 6.58 Å². The topological polar surface area (TPSA) is 55.1 Å². The number of nitrogen functional groups attached to an aromatic ring is 1. The Labute approximate surface area is 96.3 Å². The lowest BCUT2D eigenvalue weighted by Crippen LogP contribution is -2.33. The van der Waals surface area contributed by atoms with Crippen molar-refractivity contribution >= 4 is 11.6 Å². The van der Waals surface area contributed by atoms with Gasteiger partial charge in [-0.05, 0) is 31.0 Å². The van der Waals surface area contributed by atoms with E-state index in [1.807, 2.05) is 31.2 Å². The van der Waals surface area contributed by atoms with Crippen LogP contribution in [0.4, 0.5) is 5.69 Å². The number of benzene rings is 1. The molecule has 0 spiro atoms. The lowest BCUT2D eigenvalue weighted by atomic mass is 10.1. The average molecular weight is 218 g/mol. The number of hydrogen-bond acceptors (Lipinski definition) is 2. The molecule has 16 heavy (non-hydrogen) atoms. The molecule has 0 saturated carbocycles. The number of anilines is 1. The fourth-order valence-corrected chi connectivity index (χ4v) is 1.52. The third-order valence-corrected chi connectivity index (χ3v) is 2.24. The van der Waals surface area contributed by atoms with E-state index < -0.39 is 0 Å². The van der Waals surface area contributed by atoms with E-state index in [0.29, 0.717) is 12.1 Å². The Morgan fingerprint density at radius 3 is 3.00 bits per heavy atom. The number of carbonyl (C=O) groups is 1. The summed E-state index contributed by atoms with van der Waals surface area (Å²) < 4.78 is 0. The third-order valence-electron chi connectivity index (χ3n) is 2.24. The van der Waals surface area contributed by atoms with Crippen LogP contribution in [0.5, 0.6) is 0 Å². The highest BCUT2D eigenvalue weighted by Crippen LogP contribution is 2.07. The van der Waals surface area contributed by atoms with Crippen LogP contribution in [-0.4, -0.2) is 11.9 Å². The van der Waals surface area contributed by atoms with Crippen LogP contribution in [-0.2, 0) is 11.2 Å². The fraction of sp³-hybridized carbons (Fsp3) is 0.308. The van der Waals surface area contributed by atoms with Gasteiger partial charge in [-0.25, -0.2) is 0 Å². The van der Waals surface area contributed by atoms with Gasteiger partial charge in [0.25, 0.3) is 0 Å². The van der Waals surface area contributed by atoms with E-state index in [2.05, 4.69) is 11.9 Å². The molecule has 1 rings (SSSR count). The molecular weight excluding hydrogens is 200 g/mol. The van der Waals surface area contributed by atoms with Crippen LogP contribution in [0.2, 0.25) is 0 Å². The molecule has 1 atom stereocenters. The standard InChI is InChI=1S/C13H18N2O/c1-3-5-10(2)15-13(16)9-11-6-4-7-12(14)8-11/h3-4,6-8,10H,1,5,9,14H2,2H3,(H,15,16)/t10-/m0/s1. The van der Waals surface area contributed by atoms with E-state index in [9.17, 15) is 4.79 Å². The van der Waals surface area contributed by atoms with Crippen LogP contribution in [0.1, 0.15) is 18.9 Å². The van der Waals surface area contributed by atoms with E-state index in [1.54, 1.807) is 6.08 Å². The zero-order valence-corrected chi connectivity index (χ0v) is 9.57. The summed E-state index contributed by atoms with van der Waals surface area (Å²) in [6, 6.07) is 7.50. The van der Waals surface area contributed by atoms with Crippen LogP contribution in [0.3, 0.4) is 0 Å². The second kappa shape index (κ2) is 5.95. The zero-order valence-electron chi connectivity index (χ0n) is 9.57. The number of rotatable bonds is 5. The summed E-state index contributed by atoms with van der Waals surface area (Å²) in [4.78, 5) is 11.6. The molecule has 0 heterocycles. The number of nitrogens with two attached hydrogens (primary N) is 1. The molecule has 0 aliphatic carbocycles. The van der Waals surface area contributed by atoms with Gasteiger partial charge in [-0.1, -0.05) is 18.2 Å². The van der Waals surface area contributed by atoms with Crippen molar-refractivity contribution in [2.75, 3.05) is 5.73 Å². The molecule has 86 valence electrons. The minimum Gasteiger partial charge on any atom is -0.399 e. The molecule has 1 aromatic carbocycles. The summed E-state index contributed by atoms with van der Waals surface area (Å²) in [5, 5.41) is 2.90. The molecule has 0 aliphatic heterocycles. The predicted molar refractivity (Wildman–Crippen MR) is 67.0 cm³/mol. The summed E-state index contributed by atoms with van der Waals surface area (Å²) in [5.41, 5.74) is 7.26. The van der Waals surface area contributed by atoms with E-state index in [1.165, 1.54) is 0 Å². The van der Waals surface area contributed by atoms with Crippen molar-refractivity contribution < 1.29 is 4.79 Å². The lowest BCUT2D eigenvalue weighted by molar-refractivity contribution is -0.121. The van der Waals surface area contributed by atoms with Crippen molar-refractivity contribution in [3.05, 3.63) is 42.5 Å². The van der Waals surface area contributed by atoms with Gasteiger partial charge in [0.2, 0.25) is 5.91 Å². The summed E-state index contributed by atoms with van der Waals surface area (Å²) >= 11 is 0. The first-order chi connectivity index (χ1) is 7.61. The molecular formula is C13H18N2O. The maximum Gasteiger partial charge on any atom is 0.224 e. The second-order valence-corrected chi connectivity index (χ2v) is 3.91. The first-order valence-corrected chi connectivity index (χ1v) is 5.36. The van der Waals surface area contributed by atoms with Crippen LogP contribution in [0.15, 0.2) is 36.9 Å². The normalized spacial score (nSPS) is 11.8. The Hall–Kier alpha value is -1.77. The summed E-state index contributed by atoms with van der Waals surface area (Å²) in [6.07, 6.45) is 2.95. The van der Waals surface area contributed by atoms with E-state index in [0.717, 1.165) is 12.0 Å². The van der Waals surface area contributed by atoms with Crippen LogP contribution < -0.4 is 11.1 Å². The summed E-state index contributed by atoms with van der Waals surface area (Å²) in [5.74, 6) is 0.0138. The van der Waals surface area contributed by atoms with Crippen molar-refractivity contribution in [3.63, 3.8) is 0 Å². The highest BCUT2D eigenvalue weighted by molar-refractivity contribution is 5.79. The van der Waals surface area contributed by atoms with Crippen molar-refractivity contribution in [2.45, 2.75) is 25.8 Å². The largest absolute Gasteiger partial charge is 0.399 e. The Bertz CT molecular complexity index is 374. The monoisotopic (exact) mass is 218 g/mol. The molecule has 0 saturated heterocycles. The molecule has 0 bridgehead atoms. The van der Waals surface area contributed by atoms with Gasteiger partial charge in [-0.2, -0.15) is 0 Å². The van der Waals surface area contributed by atoms with Crippen molar-refractivity contribution in [3.8, 4) is 0 Å². The third kappa shape index (κ3) is 4.17. The SMILES string of the molecule is C=CC[C@H](C)NC(=O)Cc1cccc(N)c1. The summed E-state index contributed by atoms with van der Waals surface area (Å²) in [6.45, 7) is 5.59. The Morgan fingerprint density at radius 1 is 1.62 bits per heavy atom. The highest BCUT2D eigenvalue weighted by atomic mass is 16.1. The number of carbonyl (C=O) groups excluding carboxylic acids is 1. The van der Waals surface area contributed by atoms with Gasteiger partial charge < -0.3 is 11.1 Å². The number of amides is 1. The lowest BCUT2D eigenvalue weighted by Gasteiger charge is -2.11. The molecule has 1 amide bonds. The van der Waals surface area contributed by atoms with Crippen molar-refractivity contribution in [1.29, 1.82) is 0 Å². The molecule has 3 N–H and O–H groups in total. The molecule has 0 fully saturated rings. The highest BCUT2D eigenvalue weighted by Gasteiger charge is 2.06. The molecule has 0 aromatic heterocycles. The van der Waals surface area contributed by atoms with Gasteiger partial charge in [0.1, 0.15) is 0 Å². The van der Waals surface area contributed by atoms with Gasteiger partial charge in [-0.3, -0.25) is 4.79 Å². The first kappa shape index (κ1) is 12.3. The first-order valence-electron chi connectivity index (χ1n) is 5.36. The van der Waals surface area contributed by atoms with Gasteiger partial charge in [0.05, 0.1) is 6.42 Å². The van der Waals surface area contributed by atoms with Crippen LogP contribution in [0, 0.1) is 0 Å². The van der Waals surface area contributed by atoms with Gasteiger partial charge in [0.15, 0.2) is 0 Å². The Morgan fingerprint density at radius 2 is 2.38 bits per heavy atom. The quantitative estimate of drug-likeness (QED) is 0.585. The average Bonchev–Trinajstić information content (AvgIpc) is 2.17. The molecule has 1 aromatic rings. The molecule has 3 heteroatoms. The minimum atomic E-state index is 0.0138. The molecule has 0 unspecified atom stereocenters. The second-order valence-electron chi connectivity index (χ2n) is 3.91. The van der Waals surface area contributed by atoms with Gasteiger partial charge in [0, 0.05) is 11.7 Å². The van der Waals surface area contributed by atoms with Crippen LogP contribution >= 0.6 is 0 Å². The van der Waals surface area contributed by atoms with Gasteiger partial charge >= 0.3 is 0 Å². The van der Waals surface area contributed by atoms with E-state index >= 15 is 0 Å². The maximum absolute atomic E-state index is 11.6. The van der Waals surface area contributed by atoms with Crippen molar-refractivity contribution in [1.82, 2.24) is 5.32 Å². The zero-order chi connectivity index (χ0) is 12.0. The van der Waals surface area contributed by atoms with Crippen LogP contribution in [0.25, 0.3) is 0 Å². The number of nitrogens with one attached hydrogen (secondary N) is 1. The smallest absolute Gasteiger partial charge is 0.224 e. The number of hydrogen-bond donors (Lipinski definition) is 2. The van der Waals surface area contributed by atoms with Crippen molar-refractivity contribution in [2.24, 2.45) is 0 Å². The predicted octanol–water partition coefficient (Wildman–Crippen LogP) is 1.89. The maximum atomic E-state index is 11.6. The van der Waals surface area contributed by atoms with E-state index in [-0.39, 0.29) is 11.9 Å². The molecule has 3 nitrogen and oxygen atoms in total. The summed E-state index contributed by atoms with van der Waals surface area (Å²) in [7, 11) is 0. The Balaban J connectivity index is 2.48.